The van der Waals surface area contributed by atoms with E-state index in [0.717, 1.165) is 4.90 Å². The highest BCUT2D eigenvalue weighted by molar-refractivity contribution is 8.00. The molecule has 28 heavy (non-hydrogen) atoms. The molecule has 1 aliphatic heterocycles. The first kappa shape index (κ1) is 18.2. The summed E-state index contributed by atoms with van der Waals surface area (Å²) in [6.45, 7) is 2.00. The number of H-pyrrole nitrogens is 1. The number of carbonyl (C=O) groups is 2. The molecule has 2 aromatic carbocycles. The van der Waals surface area contributed by atoms with E-state index in [1.165, 1.54) is 16.7 Å². The molecule has 1 aromatic heterocycles. The van der Waals surface area contributed by atoms with Gasteiger partial charge in [-0.2, -0.15) is 0 Å². The number of nitrogens with zero attached hydrogens (tertiary/aromatic N) is 2. The smallest absolute Gasteiger partial charge is 0.258 e. The number of hydrogen-bond donors (Lipinski definition) is 2. The zero-order valence-electron chi connectivity index (χ0n) is 15.4. The van der Waals surface area contributed by atoms with E-state index in [1.54, 1.807) is 37.4 Å². The second-order valence-corrected chi connectivity index (χ2v) is 8.03. The molecule has 0 unspecified atom stereocenters. The summed E-state index contributed by atoms with van der Waals surface area (Å²) in [6, 6.07) is 12.3. The number of nitrogens with one attached hydrogen (secondary N) is 2. The molecule has 2 amide bonds. The quantitative estimate of drug-likeness (QED) is 0.712. The Morgan fingerprint density at radius 3 is 2.82 bits per heavy atom. The normalized spacial score (nSPS) is 15.8. The maximum absolute atomic E-state index is 12.8. The molecule has 4 rings (SSSR count). The van der Waals surface area contributed by atoms with Crippen LogP contribution in [-0.2, 0) is 11.3 Å². The first-order valence-electron chi connectivity index (χ1n) is 8.77. The van der Waals surface area contributed by atoms with E-state index in [4.69, 9.17) is 0 Å². The van der Waals surface area contributed by atoms with Gasteiger partial charge >= 0.3 is 0 Å². The number of aromatic nitrogens is 2. The van der Waals surface area contributed by atoms with Gasteiger partial charge in [-0.1, -0.05) is 12.1 Å². The van der Waals surface area contributed by atoms with Gasteiger partial charge in [0.1, 0.15) is 5.82 Å². The van der Waals surface area contributed by atoms with E-state index in [2.05, 4.69) is 15.3 Å². The average Bonchev–Trinajstić information content (AvgIpc) is 2.68. The summed E-state index contributed by atoms with van der Waals surface area (Å²) in [5, 5.41) is 3.18. The zero-order valence-corrected chi connectivity index (χ0v) is 16.2. The SMILES string of the molecule is C[C@@H]1Sc2ccc(C(=O)N(C)Cc3nc4ccccc4c(=O)[nH]3)cc2NC1=O. The van der Waals surface area contributed by atoms with Crippen LogP contribution < -0.4 is 10.9 Å². The van der Waals surface area contributed by atoms with Crippen molar-refractivity contribution >= 4 is 40.2 Å². The number of amides is 2. The minimum absolute atomic E-state index is 0.0756. The van der Waals surface area contributed by atoms with Gasteiger partial charge in [-0.25, -0.2) is 4.98 Å². The Morgan fingerprint density at radius 2 is 2.00 bits per heavy atom. The Kier molecular flexibility index (Phi) is 4.64. The average molecular weight is 394 g/mol. The van der Waals surface area contributed by atoms with Gasteiger partial charge in [0.05, 0.1) is 28.4 Å². The van der Waals surface area contributed by atoms with Crippen molar-refractivity contribution in [1.29, 1.82) is 0 Å². The van der Waals surface area contributed by atoms with E-state index < -0.39 is 0 Å². The molecule has 0 radical (unpaired) electrons. The molecule has 142 valence electrons. The molecule has 2 heterocycles. The van der Waals surface area contributed by atoms with Gasteiger partial charge in [0.25, 0.3) is 11.5 Å². The van der Waals surface area contributed by atoms with Crippen molar-refractivity contribution in [3.05, 3.63) is 64.2 Å². The number of thioether (sulfide) groups is 1. The molecular weight excluding hydrogens is 376 g/mol. The van der Waals surface area contributed by atoms with E-state index >= 15 is 0 Å². The lowest BCUT2D eigenvalue weighted by Gasteiger charge is -2.23. The summed E-state index contributed by atoms with van der Waals surface area (Å²) in [4.78, 5) is 46.5. The minimum Gasteiger partial charge on any atom is -0.334 e. The van der Waals surface area contributed by atoms with Crippen LogP contribution in [0.3, 0.4) is 0 Å². The van der Waals surface area contributed by atoms with E-state index in [1.807, 2.05) is 19.1 Å². The van der Waals surface area contributed by atoms with Crippen molar-refractivity contribution in [1.82, 2.24) is 14.9 Å². The molecule has 2 N–H and O–H groups in total. The Morgan fingerprint density at radius 1 is 1.21 bits per heavy atom. The molecule has 3 aromatic rings. The van der Waals surface area contributed by atoms with Gasteiger partial charge in [0.15, 0.2) is 0 Å². The van der Waals surface area contributed by atoms with Crippen molar-refractivity contribution in [3.63, 3.8) is 0 Å². The Hall–Kier alpha value is -3.13. The van der Waals surface area contributed by atoms with Crippen molar-refractivity contribution in [2.24, 2.45) is 0 Å². The number of para-hydroxylation sites is 1. The largest absolute Gasteiger partial charge is 0.334 e. The lowest BCUT2D eigenvalue weighted by molar-refractivity contribution is -0.115. The van der Waals surface area contributed by atoms with Crippen LogP contribution in [0.1, 0.15) is 23.1 Å². The predicted molar refractivity (Wildman–Crippen MR) is 109 cm³/mol. The van der Waals surface area contributed by atoms with Crippen LogP contribution in [0.4, 0.5) is 5.69 Å². The van der Waals surface area contributed by atoms with E-state index in [-0.39, 0.29) is 29.2 Å². The van der Waals surface area contributed by atoms with E-state index in [0.29, 0.717) is 28.0 Å². The van der Waals surface area contributed by atoms with E-state index in [9.17, 15) is 14.4 Å². The molecule has 1 aliphatic rings. The number of hydrogen-bond acceptors (Lipinski definition) is 5. The Labute approximate surface area is 165 Å². The summed E-state index contributed by atoms with van der Waals surface area (Å²) in [5.74, 6) is 0.111. The summed E-state index contributed by atoms with van der Waals surface area (Å²) in [5.41, 5.74) is 1.46. The summed E-state index contributed by atoms with van der Waals surface area (Å²) < 4.78 is 0. The highest BCUT2D eigenvalue weighted by Crippen LogP contribution is 2.36. The van der Waals surface area contributed by atoms with Crippen molar-refractivity contribution in [2.75, 3.05) is 12.4 Å². The molecule has 7 nitrogen and oxygen atoms in total. The van der Waals surface area contributed by atoms with Crippen molar-refractivity contribution in [2.45, 2.75) is 23.6 Å². The lowest BCUT2D eigenvalue weighted by atomic mass is 10.1. The van der Waals surface area contributed by atoms with Gasteiger partial charge in [0, 0.05) is 17.5 Å². The first-order chi connectivity index (χ1) is 13.4. The molecular formula is C20H18N4O3S. The third-order valence-corrected chi connectivity index (χ3v) is 5.73. The first-order valence-corrected chi connectivity index (χ1v) is 9.65. The molecule has 8 heteroatoms. The minimum atomic E-state index is -0.232. The third-order valence-electron chi connectivity index (χ3n) is 4.55. The molecule has 1 atom stereocenters. The van der Waals surface area contributed by atoms with Crippen LogP contribution in [0.5, 0.6) is 0 Å². The fourth-order valence-electron chi connectivity index (χ4n) is 3.07. The van der Waals surface area contributed by atoms with Crippen molar-refractivity contribution in [3.8, 4) is 0 Å². The predicted octanol–water partition coefficient (Wildman–Crippen LogP) is 2.63. The summed E-state index contributed by atoms with van der Waals surface area (Å²) in [7, 11) is 1.65. The summed E-state index contributed by atoms with van der Waals surface area (Å²) in [6.07, 6.45) is 0. The van der Waals surface area contributed by atoms with Gasteiger partial charge in [-0.3, -0.25) is 14.4 Å². The fraction of sp³-hybridized carbons (Fsp3) is 0.200. The van der Waals surface area contributed by atoms with Crippen LogP contribution in [0.15, 0.2) is 52.2 Å². The number of rotatable bonds is 3. The Bertz CT molecular complexity index is 1160. The Balaban J connectivity index is 1.57. The van der Waals surface area contributed by atoms with Crippen molar-refractivity contribution < 1.29 is 9.59 Å². The molecule has 0 bridgehead atoms. The number of aromatic amines is 1. The van der Waals surface area contributed by atoms with Crippen LogP contribution >= 0.6 is 11.8 Å². The maximum Gasteiger partial charge on any atom is 0.258 e. The van der Waals surface area contributed by atoms with Crippen LogP contribution in [0.2, 0.25) is 0 Å². The van der Waals surface area contributed by atoms with Gasteiger partial charge < -0.3 is 15.2 Å². The monoisotopic (exact) mass is 394 g/mol. The number of fused-ring (bicyclic) bond motifs is 2. The highest BCUT2D eigenvalue weighted by atomic mass is 32.2. The second-order valence-electron chi connectivity index (χ2n) is 6.65. The zero-order chi connectivity index (χ0) is 19.8. The number of benzene rings is 2. The lowest BCUT2D eigenvalue weighted by Crippen LogP contribution is -2.29. The van der Waals surface area contributed by atoms with Crippen LogP contribution in [0.25, 0.3) is 10.9 Å². The van der Waals surface area contributed by atoms with Crippen LogP contribution in [0, 0.1) is 0 Å². The topological polar surface area (TPSA) is 95.2 Å². The second kappa shape index (κ2) is 7.12. The maximum atomic E-state index is 12.8. The third kappa shape index (κ3) is 3.38. The summed E-state index contributed by atoms with van der Waals surface area (Å²) >= 11 is 1.47. The number of carbonyl (C=O) groups excluding carboxylic acids is 2. The van der Waals surface area contributed by atoms with Gasteiger partial charge in [0.2, 0.25) is 5.91 Å². The van der Waals surface area contributed by atoms with Gasteiger partial charge in [-0.15, -0.1) is 11.8 Å². The molecule has 0 fully saturated rings. The molecule has 0 saturated heterocycles. The fourth-order valence-corrected chi connectivity index (χ4v) is 4.00. The molecule has 0 aliphatic carbocycles. The number of anilines is 1. The van der Waals surface area contributed by atoms with Gasteiger partial charge in [-0.05, 0) is 37.3 Å². The standard InChI is InChI=1S/C20H18N4O3S/c1-11-18(25)22-15-9-12(7-8-16(15)28-11)20(27)24(2)10-17-21-14-6-4-3-5-13(14)19(26)23-17/h3-9,11H,10H2,1-2H3,(H,22,25)(H,21,23,26)/t11-/m0/s1. The highest BCUT2D eigenvalue weighted by Gasteiger charge is 2.24. The molecule has 0 spiro atoms. The molecule has 0 saturated carbocycles. The van der Waals surface area contributed by atoms with Crippen LogP contribution in [-0.4, -0.2) is 39.0 Å².